The molecule has 0 radical (unpaired) electrons. The molecule has 1 amide bonds. The average Bonchev–Trinajstić information content (AvgIpc) is 2.70. The normalized spacial score (nSPS) is 11.2. The monoisotopic (exact) mass is 453 g/mol. The summed E-state index contributed by atoms with van der Waals surface area (Å²) in [6.07, 6.45) is -4.95. The Kier molecular flexibility index (Phi) is 6.07. The third-order valence-corrected chi connectivity index (χ3v) is 4.23. The van der Waals surface area contributed by atoms with Crippen LogP contribution in [-0.4, -0.2) is 28.4 Å². The maximum absolute atomic E-state index is 13.2. The van der Waals surface area contributed by atoms with Gasteiger partial charge in [0.2, 0.25) is 0 Å². The number of benzene rings is 2. The lowest BCUT2D eigenvalue weighted by atomic mass is 10.1. The van der Waals surface area contributed by atoms with Gasteiger partial charge in [0.15, 0.2) is 6.61 Å². The second-order valence-corrected chi connectivity index (χ2v) is 6.54. The number of hydrogen-bond donors (Lipinski definition) is 1. The van der Waals surface area contributed by atoms with Gasteiger partial charge in [-0.1, -0.05) is 11.6 Å². The number of amides is 1. The fourth-order valence-electron chi connectivity index (χ4n) is 2.62. The molecule has 2 aromatic carbocycles. The topological polar surface area (TPSA) is 111 Å². The van der Waals surface area contributed by atoms with E-state index in [2.05, 4.69) is 4.98 Å². The number of esters is 1. The van der Waals surface area contributed by atoms with Crippen molar-refractivity contribution in [2.45, 2.75) is 6.18 Å². The molecule has 0 aliphatic carbocycles. The zero-order valence-electron chi connectivity index (χ0n) is 15.3. The number of halogens is 4. The number of nitrogens with one attached hydrogen (secondary N) is 1. The summed E-state index contributed by atoms with van der Waals surface area (Å²) in [6, 6.07) is 9.38. The van der Waals surface area contributed by atoms with Gasteiger partial charge in [0.05, 0.1) is 27.3 Å². The van der Waals surface area contributed by atoms with Crippen molar-refractivity contribution < 1.29 is 32.4 Å². The molecule has 0 saturated carbocycles. The van der Waals surface area contributed by atoms with Crippen LogP contribution >= 0.6 is 11.6 Å². The van der Waals surface area contributed by atoms with E-state index < -0.39 is 46.5 Å². The molecule has 31 heavy (non-hydrogen) atoms. The second kappa shape index (κ2) is 8.56. The molecule has 0 unspecified atom stereocenters. The van der Waals surface area contributed by atoms with Crippen LogP contribution in [0.5, 0.6) is 0 Å². The fourth-order valence-corrected chi connectivity index (χ4v) is 2.77. The molecule has 1 aromatic heterocycles. The molecule has 3 aromatic rings. The molecule has 0 aliphatic rings. The van der Waals surface area contributed by atoms with E-state index in [1.54, 1.807) is 6.07 Å². The summed E-state index contributed by atoms with van der Waals surface area (Å²) in [7, 11) is 0. The SMILES string of the molecule is O=C(COC(=O)c1ccc2nc(Cl)ccc2c1)Nc1ccc([N+](=O)[O-])cc1C(F)(F)F. The Labute approximate surface area is 176 Å². The van der Waals surface area contributed by atoms with Crippen LogP contribution in [0.25, 0.3) is 10.9 Å². The Hall–Kier alpha value is -3.73. The van der Waals surface area contributed by atoms with Gasteiger partial charge < -0.3 is 10.1 Å². The van der Waals surface area contributed by atoms with Crippen molar-refractivity contribution in [2.75, 3.05) is 11.9 Å². The molecule has 160 valence electrons. The molecule has 1 N–H and O–H groups in total. The number of pyridine rings is 1. The minimum absolute atomic E-state index is 0.0933. The van der Waals surface area contributed by atoms with E-state index in [4.69, 9.17) is 16.3 Å². The van der Waals surface area contributed by atoms with Crippen molar-refractivity contribution in [1.29, 1.82) is 0 Å². The van der Waals surface area contributed by atoms with Crippen molar-refractivity contribution in [3.05, 3.63) is 74.9 Å². The van der Waals surface area contributed by atoms with Crippen LogP contribution in [0.1, 0.15) is 15.9 Å². The number of nitrogens with zero attached hydrogens (tertiary/aromatic N) is 2. The van der Waals surface area contributed by atoms with Gasteiger partial charge in [-0.15, -0.1) is 0 Å². The molecular formula is C19H11ClF3N3O5. The Bertz CT molecular complexity index is 1200. The lowest BCUT2D eigenvalue weighted by Gasteiger charge is -2.13. The van der Waals surface area contributed by atoms with Gasteiger partial charge >= 0.3 is 12.1 Å². The van der Waals surface area contributed by atoms with Crippen LogP contribution in [0.4, 0.5) is 24.5 Å². The number of nitro benzene ring substituents is 1. The van der Waals surface area contributed by atoms with Crippen LogP contribution < -0.4 is 5.32 Å². The van der Waals surface area contributed by atoms with E-state index >= 15 is 0 Å². The van der Waals surface area contributed by atoms with Gasteiger partial charge in [0, 0.05) is 17.5 Å². The number of alkyl halides is 3. The predicted octanol–water partition coefficient (Wildman–Crippen LogP) is 4.61. The van der Waals surface area contributed by atoms with Crippen LogP contribution in [0, 0.1) is 10.1 Å². The van der Waals surface area contributed by atoms with Crippen molar-refractivity contribution in [1.82, 2.24) is 4.98 Å². The van der Waals surface area contributed by atoms with Crippen molar-refractivity contribution in [3.63, 3.8) is 0 Å². The lowest BCUT2D eigenvalue weighted by molar-refractivity contribution is -0.385. The number of fused-ring (bicyclic) bond motifs is 1. The van der Waals surface area contributed by atoms with E-state index in [-0.39, 0.29) is 10.7 Å². The minimum atomic E-state index is -4.95. The number of hydrogen-bond acceptors (Lipinski definition) is 6. The standard InChI is InChI=1S/C19H11ClF3N3O5/c20-16-6-2-10-7-11(1-4-14(10)24-16)18(28)31-9-17(27)25-15-5-3-12(26(29)30)8-13(15)19(21,22)23/h1-8H,9H2,(H,25,27). The zero-order chi connectivity index (χ0) is 22.8. The first-order valence-corrected chi connectivity index (χ1v) is 8.81. The number of ether oxygens (including phenoxy) is 1. The highest BCUT2D eigenvalue weighted by molar-refractivity contribution is 6.29. The Balaban J connectivity index is 1.69. The predicted molar refractivity (Wildman–Crippen MR) is 104 cm³/mol. The summed E-state index contributed by atoms with van der Waals surface area (Å²) in [6.45, 7) is -0.871. The number of aromatic nitrogens is 1. The smallest absolute Gasteiger partial charge is 0.418 e. The molecule has 0 saturated heterocycles. The first-order chi connectivity index (χ1) is 14.5. The summed E-state index contributed by atoms with van der Waals surface area (Å²) in [5.74, 6) is -1.94. The fraction of sp³-hybridized carbons (Fsp3) is 0.105. The molecular weight excluding hydrogens is 443 g/mol. The molecule has 1 heterocycles. The molecule has 3 rings (SSSR count). The molecule has 0 fully saturated rings. The summed E-state index contributed by atoms with van der Waals surface area (Å²) >= 11 is 5.78. The van der Waals surface area contributed by atoms with E-state index in [0.717, 1.165) is 12.1 Å². The van der Waals surface area contributed by atoms with Gasteiger partial charge in [-0.3, -0.25) is 14.9 Å². The van der Waals surface area contributed by atoms with E-state index in [1.165, 1.54) is 24.3 Å². The van der Waals surface area contributed by atoms with Gasteiger partial charge in [-0.05, 0) is 36.4 Å². The number of rotatable bonds is 5. The molecule has 0 aliphatic heterocycles. The van der Waals surface area contributed by atoms with E-state index in [0.29, 0.717) is 17.0 Å². The molecule has 8 nitrogen and oxygen atoms in total. The number of anilines is 1. The first kappa shape index (κ1) is 22.0. The lowest BCUT2D eigenvalue weighted by Crippen LogP contribution is -2.23. The largest absolute Gasteiger partial charge is 0.452 e. The summed E-state index contributed by atoms with van der Waals surface area (Å²) < 4.78 is 44.3. The molecule has 0 spiro atoms. The van der Waals surface area contributed by atoms with Crippen molar-refractivity contribution in [2.24, 2.45) is 0 Å². The number of nitro groups is 1. The summed E-state index contributed by atoms with van der Waals surface area (Å²) in [5.41, 5.74) is -2.27. The van der Waals surface area contributed by atoms with Crippen LogP contribution in [0.3, 0.4) is 0 Å². The maximum Gasteiger partial charge on any atom is 0.418 e. The molecule has 12 heteroatoms. The van der Waals surface area contributed by atoms with Gasteiger partial charge in [-0.25, -0.2) is 9.78 Å². The second-order valence-electron chi connectivity index (χ2n) is 6.15. The van der Waals surface area contributed by atoms with Crippen molar-refractivity contribution >= 4 is 45.8 Å². The van der Waals surface area contributed by atoms with Crippen LogP contribution in [-0.2, 0) is 15.7 Å². The maximum atomic E-state index is 13.2. The molecule has 0 atom stereocenters. The van der Waals surface area contributed by atoms with E-state index in [1.807, 2.05) is 5.32 Å². The molecule has 0 bridgehead atoms. The van der Waals surface area contributed by atoms with Crippen LogP contribution in [0.15, 0.2) is 48.5 Å². The Morgan fingerprint density at radius 3 is 2.55 bits per heavy atom. The number of carbonyl (C=O) groups excluding carboxylic acids is 2. The van der Waals surface area contributed by atoms with E-state index in [9.17, 15) is 32.9 Å². The van der Waals surface area contributed by atoms with Crippen LogP contribution in [0.2, 0.25) is 5.15 Å². The third-order valence-electron chi connectivity index (χ3n) is 4.02. The summed E-state index contributed by atoms with van der Waals surface area (Å²) in [5, 5.41) is 13.5. The quantitative estimate of drug-likeness (QED) is 0.261. The minimum Gasteiger partial charge on any atom is -0.452 e. The number of carbonyl (C=O) groups is 2. The summed E-state index contributed by atoms with van der Waals surface area (Å²) in [4.78, 5) is 37.9. The zero-order valence-corrected chi connectivity index (χ0v) is 16.0. The highest BCUT2D eigenvalue weighted by Gasteiger charge is 2.35. The van der Waals surface area contributed by atoms with Crippen molar-refractivity contribution in [3.8, 4) is 0 Å². The third kappa shape index (κ3) is 5.25. The van der Waals surface area contributed by atoms with Gasteiger partial charge in [0.1, 0.15) is 5.15 Å². The number of non-ortho nitro benzene ring substituents is 1. The van der Waals surface area contributed by atoms with Gasteiger partial charge in [-0.2, -0.15) is 13.2 Å². The highest BCUT2D eigenvalue weighted by Crippen LogP contribution is 2.37. The Morgan fingerprint density at radius 1 is 1.13 bits per heavy atom. The first-order valence-electron chi connectivity index (χ1n) is 8.43. The highest BCUT2D eigenvalue weighted by atomic mass is 35.5. The Morgan fingerprint density at radius 2 is 1.87 bits per heavy atom. The average molecular weight is 454 g/mol. The van der Waals surface area contributed by atoms with Gasteiger partial charge in [0.25, 0.3) is 11.6 Å².